The number of pyridine rings is 1. The van der Waals surface area contributed by atoms with Gasteiger partial charge in [0.25, 0.3) is 16.8 Å². The second kappa shape index (κ2) is 8.72. The van der Waals surface area contributed by atoms with Gasteiger partial charge in [-0.25, -0.2) is 9.97 Å². The van der Waals surface area contributed by atoms with Crippen LogP contribution in [-0.4, -0.2) is 52.2 Å². The van der Waals surface area contributed by atoms with Gasteiger partial charge in [-0.3, -0.25) is 14.4 Å². The first-order valence-electron chi connectivity index (χ1n) is 11.6. The highest BCUT2D eigenvalue weighted by molar-refractivity contribution is 7.11. The third-order valence-corrected chi connectivity index (χ3v) is 7.85. The average molecular weight is 498 g/mol. The van der Waals surface area contributed by atoms with Crippen molar-refractivity contribution in [1.82, 2.24) is 14.9 Å². The zero-order valence-corrected chi connectivity index (χ0v) is 20.6. The minimum Gasteiger partial charge on any atom is -0.504 e. The summed E-state index contributed by atoms with van der Waals surface area (Å²) in [6.45, 7) is 7.85. The monoisotopic (exact) mass is 497 g/mol. The lowest BCUT2D eigenvalue weighted by atomic mass is 9.74. The fourth-order valence-corrected chi connectivity index (χ4v) is 5.88. The van der Waals surface area contributed by atoms with E-state index in [2.05, 4.69) is 34.4 Å². The summed E-state index contributed by atoms with van der Waals surface area (Å²) in [4.78, 5) is 49.2. The summed E-state index contributed by atoms with van der Waals surface area (Å²) < 4.78 is 5.27. The molecule has 0 saturated carbocycles. The molecule has 3 aromatic rings. The van der Waals surface area contributed by atoms with E-state index in [9.17, 15) is 19.5 Å². The van der Waals surface area contributed by atoms with Gasteiger partial charge in [-0.05, 0) is 31.2 Å². The predicted octanol–water partition coefficient (Wildman–Crippen LogP) is 2.49. The summed E-state index contributed by atoms with van der Waals surface area (Å²) in [7, 11) is 0. The molecule has 3 heterocycles. The number of nitrogens with one attached hydrogen (secondary N) is 2. The van der Waals surface area contributed by atoms with Gasteiger partial charge in [-0.15, -0.1) is 11.3 Å². The molecule has 11 heteroatoms. The van der Waals surface area contributed by atoms with Crippen molar-refractivity contribution < 1.29 is 14.6 Å². The van der Waals surface area contributed by atoms with E-state index in [1.807, 2.05) is 6.92 Å². The maximum atomic E-state index is 12.8. The van der Waals surface area contributed by atoms with Crippen LogP contribution < -0.4 is 21.5 Å². The molecule has 35 heavy (non-hydrogen) atoms. The summed E-state index contributed by atoms with van der Waals surface area (Å²) in [6, 6.07) is 1.27. The number of hydrogen-bond acceptors (Lipinski definition) is 10. The van der Waals surface area contributed by atoms with Crippen LogP contribution in [0.2, 0.25) is 0 Å². The van der Waals surface area contributed by atoms with Gasteiger partial charge in [0, 0.05) is 19.3 Å². The smallest absolute Gasteiger partial charge is 0.276 e. The van der Waals surface area contributed by atoms with Gasteiger partial charge in [0.1, 0.15) is 11.4 Å². The number of rotatable bonds is 5. The third-order valence-electron chi connectivity index (χ3n) is 6.77. The quantitative estimate of drug-likeness (QED) is 0.455. The number of aromatic nitrogens is 2. The Hall–Kier alpha value is -3.31. The van der Waals surface area contributed by atoms with E-state index >= 15 is 0 Å². The van der Waals surface area contributed by atoms with E-state index in [1.54, 1.807) is 16.2 Å². The van der Waals surface area contributed by atoms with Gasteiger partial charge in [0.05, 0.1) is 40.5 Å². The van der Waals surface area contributed by atoms with Crippen LogP contribution in [0.3, 0.4) is 0 Å². The van der Waals surface area contributed by atoms with Gasteiger partial charge in [-0.2, -0.15) is 0 Å². The van der Waals surface area contributed by atoms with E-state index in [0.29, 0.717) is 26.3 Å². The molecule has 1 unspecified atom stereocenters. The van der Waals surface area contributed by atoms with Crippen molar-refractivity contribution in [2.24, 2.45) is 5.41 Å². The SMILES string of the molecule is Cc1nc2c(s1)C(Nc1c(Nc3ccnc(C(=O)N4CCOCC4)c3O)c(=O)c1=O)C(C)(C)CC2. The molecule has 1 aliphatic heterocycles. The Bertz CT molecular complexity index is 1370. The minimum atomic E-state index is -0.681. The predicted molar refractivity (Wildman–Crippen MR) is 133 cm³/mol. The molecule has 1 atom stereocenters. The molecule has 0 bridgehead atoms. The van der Waals surface area contributed by atoms with Crippen molar-refractivity contribution in [3.8, 4) is 5.75 Å². The second-order valence-corrected chi connectivity index (χ2v) is 10.8. The number of thiazole rings is 1. The number of aryl methyl sites for hydroxylation is 2. The zero-order valence-electron chi connectivity index (χ0n) is 19.8. The summed E-state index contributed by atoms with van der Waals surface area (Å²) in [5.41, 5.74) is -0.203. The Morgan fingerprint density at radius 3 is 2.69 bits per heavy atom. The number of carbonyl (C=O) groups excluding carboxylic acids is 1. The standard InChI is InChI=1S/C24H27N5O5S/c1-12-26-14-4-6-24(2,3)22(21(14)35-12)28-16-15(19(31)20(16)32)27-13-5-7-25-17(18(13)30)23(33)29-8-10-34-11-9-29/h5,7,22,28,30H,4,6,8-11H2,1-3H3,(H,25,27). The van der Waals surface area contributed by atoms with Crippen LogP contribution in [0.5, 0.6) is 5.75 Å². The summed E-state index contributed by atoms with van der Waals surface area (Å²) in [5.74, 6) is -0.795. The van der Waals surface area contributed by atoms with Gasteiger partial charge in [0.2, 0.25) is 0 Å². The average Bonchev–Trinajstić information content (AvgIpc) is 3.23. The van der Waals surface area contributed by atoms with Crippen molar-refractivity contribution in [2.75, 3.05) is 36.9 Å². The Balaban J connectivity index is 1.43. The van der Waals surface area contributed by atoms with Crippen LogP contribution in [-0.2, 0) is 11.2 Å². The molecule has 10 nitrogen and oxygen atoms in total. The number of aromatic hydroxyl groups is 1. The molecule has 2 aromatic heterocycles. The first-order valence-corrected chi connectivity index (χ1v) is 12.4. The highest BCUT2D eigenvalue weighted by atomic mass is 32.1. The van der Waals surface area contributed by atoms with E-state index < -0.39 is 16.8 Å². The summed E-state index contributed by atoms with van der Waals surface area (Å²) in [6.07, 6.45) is 3.13. The Morgan fingerprint density at radius 1 is 1.23 bits per heavy atom. The fourth-order valence-electron chi connectivity index (χ4n) is 4.65. The summed E-state index contributed by atoms with van der Waals surface area (Å²) in [5, 5.41) is 17.9. The molecule has 1 aromatic carbocycles. The molecule has 2 aliphatic rings. The maximum absolute atomic E-state index is 12.8. The van der Waals surface area contributed by atoms with Gasteiger partial charge < -0.3 is 25.4 Å². The van der Waals surface area contributed by atoms with Crippen molar-refractivity contribution in [3.63, 3.8) is 0 Å². The molecule has 1 aliphatic carbocycles. The van der Waals surface area contributed by atoms with Crippen LogP contribution in [0.15, 0.2) is 21.9 Å². The lowest BCUT2D eigenvalue weighted by molar-refractivity contribution is 0.0297. The van der Waals surface area contributed by atoms with E-state index in [1.165, 1.54) is 12.3 Å². The Morgan fingerprint density at radius 2 is 1.94 bits per heavy atom. The largest absolute Gasteiger partial charge is 0.504 e. The minimum absolute atomic E-state index is 0.0606. The third kappa shape index (κ3) is 4.08. The molecule has 0 radical (unpaired) electrons. The lowest BCUT2D eigenvalue weighted by Crippen LogP contribution is -2.41. The van der Waals surface area contributed by atoms with Gasteiger partial charge in [0.15, 0.2) is 11.4 Å². The number of amides is 1. The molecular weight excluding hydrogens is 470 g/mol. The number of anilines is 3. The zero-order chi connectivity index (χ0) is 24.9. The molecular formula is C24H27N5O5S. The van der Waals surface area contributed by atoms with Crippen molar-refractivity contribution >= 4 is 34.3 Å². The number of nitrogens with zero attached hydrogens (tertiary/aromatic N) is 3. The lowest BCUT2D eigenvalue weighted by Gasteiger charge is -2.39. The van der Waals surface area contributed by atoms with Crippen molar-refractivity contribution in [2.45, 2.75) is 39.7 Å². The van der Waals surface area contributed by atoms with Gasteiger partial charge in [-0.1, -0.05) is 13.8 Å². The first-order chi connectivity index (χ1) is 16.7. The highest BCUT2D eigenvalue weighted by Gasteiger charge is 2.40. The molecule has 5 rings (SSSR count). The van der Waals surface area contributed by atoms with E-state index in [0.717, 1.165) is 28.4 Å². The molecule has 1 saturated heterocycles. The molecule has 184 valence electrons. The van der Waals surface area contributed by atoms with Crippen LogP contribution in [0, 0.1) is 12.3 Å². The molecule has 1 fully saturated rings. The number of morpholine rings is 1. The number of ether oxygens (including phenoxy) is 1. The Labute approximate surface area is 205 Å². The maximum Gasteiger partial charge on any atom is 0.276 e. The van der Waals surface area contributed by atoms with Crippen LogP contribution in [0.25, 0.3) is 0 Å². The topological polar surface area (TPSA) is 134 Å². The molecule has 0 spiro atoms. The van der Waals surface area contributed by atoms with Crippen molar-refractivity contribution in [3.05, 3.63) is 54.0 Å². The van der Waals surface area contributed by atoms with E-state index in [4.69, 9.17) is 4.74 Å². The van der Waals surface area contributed by atoms with Crippen LogP contribution in [0.1, 0.15) is 52.4 Å². The number of fused-ring (bicyclic) bond motifs is 1. The second-order valence-electron chi connectivity index (χ2n) is 9.60. The normalized spacial score (nSPS) is 19.4. The first kappa shape index (κ1) is 23.4. The van der Waals surface area contributed by atoms with Gasteiger partial charge >= 0.3 is 0 Å². The molecule has 3 N–H and O–H groups in total. The van der Waals surface area contributed by atoms with Crippen molar-refractivity contribution in [1.29, 1.82) is 0 Å². The number of carbonyl (C=O) groups is 1. The van der Waals surface area contributed by atoms with Crippen LogP contribution in [0.4, 0.5) is 17.1 Å². The fraction of sp³-hybridized carbons (Fsp3) is 0.458. The van der Waals surface area contributed by atoms with Crippen LogP contribution >= 0.6 is 11.3 Å². The number of hydrogen-bond donors (Lipinski definition) is 3. The highest BCUT2D eigenvalue weighted by Crippen LogP contribution is 2.47. The summed E-state index contributed by atoms with van der Waals surface area (Å²) >= 11 is 1.59. The van der Waals surface area contributed by atoms with E-state index in [-0.39, 0.29) is 40.0 Å². The Kier molecular flexibility index (Phi) is 5.84. The molecule has 1 amide bonds.